The number of rotatable bonds is 6. The largest absolute Gasteiger partial charge is 0.481 e. The molecule has 1 saturated heterocycles. The van der Waals surface area contributed by atoms with Crippen LogP contribution in [0.5, 0.6) is 0 Å². The Hall–Kier alpha value is -1.63. The summed E-state index contributed by atoms with van der Waals surface area (Å²) in [7, 11) is 0. The van der Waals surface area contributed by atoms with Crippen LogP contribution in [0.3, 0.4) is 0 Å². The smallest absolute Gasteiger partial charge is 0.307 e. The number of carboxylic acid groups (broad SMARTS) is 1. The monoisotopic (exact) mass is 339 g/mol. The van der Waals surface area contributed by atoms with E-state index in [0.29, 0.717) is 32.7 Å². The summed E-state index contributed by atoms with van der Waals surface area (Å²) in [6.07, 6.45) is 0.899. The third-order valence-corrected chi connectivity index (χ3v) is 5.43. The minimum atomic E-state index is -0.890. The van der Waals surface area contributed by atoms with Gasteiger partial charge in [0.05, 0.1) is 18.4 Å². The van der Waals surface area contributed by atoms with Crippen molar-refractivity contribution in [3.63, 3.8) is 0 Å². The van der Waals surface area contributed by atoms with Gasteiger partial charge in [0, 0.05) is 32.2 Å². The first kappa shape index (κ1) is 18.7. The molecule has 1 aliphatic carbocycles. The first-order valence-electron chi connectivity index (χ1n) is 8.71. The van der Waals surface area contributed by atoms with E-state index in [1.54, 1.807) is 4.90 Å². The van der Waals surface area contributed by atoms with Crippen molar-refractivity contribution in [1.29, 1.82) is 0 Å². The summed E-state index contributed by atoms with van der Waals surface area (Å²) in [5.41, 5.74) is -0.462. The normalized spacial score (nSPS) is 27.4. The molecule has 0 bridgehead atoms. The van der Waals surface area contributed by atoms with E-state index in [-0.39, 0.29) is 17.9 Å². The summed E-state index contributed by atoms with van der Waals surface area (Å²) in [6.45, 7) is 10.4. The molecule has 2 fully saturated rings. The van der Waals surface area contributed by atoms with E-state index in [4.69, 9.17) is 0 Å². The van der Waals surface area contributed by atoms with E-state index in [1.807, 2.05) is 32.6 Å². The van der Waals surface area contributed by atoms with Gasteiger partial charge in [0.1, 0.15) is 0 Å². The van der Waals surface area contributed by atoms with Gasteiger partial charge >= 0.3 is 5.97 Å². The summed E-state index contributed by atoms with van der Waals surface area (Å²) in [6, 6.07) is 0.172. The van der Waals surface area contributed by atoms with Crippen LogP contribution < -0.4 is 5.32 Å². The van der Waals surface area contributed by atoms with Crippen molar-refractivity contribution in [2.45, 2.75) is 40.2 Å². The summed E-state index contributed by atoms with van der Waals surface area (Å²) in [5.74, 6) is -1.94. The number of piperazine rings is 1. The van der Waals surface area contributed by atoms with Crippen molar-refractivity contribution in [3.8, 4) is 0 Å². The lowest BCUT2D eigenvalue weighted by Crippen LogP contribution is -2.52. The van der Waals surface area contributed by atoms with Crippen LogP contribution >= 0.6 is 0 Å². The van der Waals surface area contributed by atoms with Gasteiger partial charge in [-0.1, -0.05) is 20.8 Å². The SMILES string of the molecule is CCC(C)NC(=O)CN1CCN(C(=O)[C@@H]2[C@H](C(=O)O)C2(C)C)CC1. The fraction of sp³-hybridized carbons (Fsp3) is 0.824. The number of aliphatic carboxylic acids is 1. The van der Waals surface area contributed by atoms with E-state index >= 15 is 0 Å². The second-order valence-corrected chi connectivity index (χ2v) is 7.59. The van der Waals surface area contributed by atoms with Crippen LogP contribution in [0.4, 0.5) is 0 Å². The number of nitrogens with zero attached hydrogens (tertiary/aromatic N) is 2. The van der Waals surface area contributed by atoms with Gasteiger partial charge in [0.2, 0.25) is 11.8 Å². The molecule has 2 rings (SSSR count). The van der Waals surface area contributed by atoms with E-state index in [9.17, 15) is 19.5 Å². The highest BCUT2D eigenvalue weighted by Gasteiger charge is 2.66. The average molecular weight is 339 g/mol. The Kier molecular flexibility index (Phi) is 5.52. The molecule has 1 aliphatic heterocycles. The van der Waals surface area contributed by atoms with Crippen LogP contribution in [0.1, 0.15) is 34.1 Å². The van der Waals surface area contributed by atoms with E-state index in [0.717, 1.165) is 6.42 Å². The van der Waals surface area contributed by atoms with Crippen molar-refractivity contribution in [3.05, 3.63) is 0 Å². The third kappa shape index (κ3) is 3.88. The van der Waals surface area contributed by atoms with Crippen LogP contribution in [0.2, 0.25) is 0 Å². The van der Waals surface area contributed by atoms with Gasteiger partial charge in [-0.3, -0.25) is 19.3 Å². The first-order valence-corrected chi connectivity index (χ1v) is 8.71. The molecule has 7 nitrogen and oxygen atoms in total. The Bertz CT molecular complexity index is 512. The molecule has 3 atom stereocenters. The highest BCUT2D eigenvalue weighted by molar-refractivity contribution is 5.91. The number of hydrogen-bond donors (Lipinski definition) is 2. The predicted octanol–water partition coefficient (Wildman–Crippen LogP) is 0.402. The van der Waals surface area contributed by atoms with Crippen LogP contribution in [0.15, 0.2) is 0 Å². The molecule has 1 heterocycles. The van der Waals surface area contributed by atoms with Gasteiger partial charge in [0.25, 0.3) is 0 Å². The molecule has 1 saturated carbocycles. The average Bonchev–Trinajstić information content (AvgIpc) is 3.09. The molecule has 24 heavy (non-hydrogen) atoms. The molecule has 0 aromatic carbocycles. The Labute approximate surface area is 143 Å². The summed E-state index contributed by atoms with van der Waals surface area (Å²) in [4.78, 5) is 39.5. The fourth-order valence-electron chi connectivity index (χ4n) is 3.51. The molecule has 0 spiro atoms. The Morgan fingerprint density at radius 3 is 2.21 bits per heavy atom. The van der Waals surface area contributed by atoms with Crippen LogP contribution in [-0.2, 0) is 14.4 Å². The van der Waals surface area contributed by atoms with E-state index in [2.05, 4.69) is 5.32 Å². The molecular weight excluding hydrogens is 310 g/mol. The molecule has 0 aromatic heterocycles. The van der Waals surface area contributed by atoms with Crippen molar-refractivity contribution < 1.29 is 19.5 Å². The maximum absolute atomic E-state index is 12.6. The van der Waals surface area contributed by atoms with E-state index < -0.39 is 23.2 Å². The number of carboxylic acids is 1. The maximum atomic E-state index is 12.6. The minimum Gasteiger partial charge on any atom is -0.481 e. The second kappa shape index (κ2) is 7.09. The molecule has 1 unspecified atom stereocenters. The maximum Gasteiger partial charge on any atom is 0.307 e. The number of carbonyl (C=O) groups excluding carboxylic acids is 2. The lowest BCUT2D eigenvalue weighted by atomic mass is 10.1. The summed E-state index contributed by atoms with van der Waals surface area (Å²) >= 11 is 0. The highest BCUT2D eigenvalue weighted by Crippen LogP contribution is 2.59. The number of nitrogens with one attached hydrogen (secondary N) is 1. The van der Waals surface area contributed by atoms with Gasteiger partial charge < -0.3 is 15.3 Å². The standard InChI is InChI=1S/C17H29N3O4/c1-5-11(2)18-12(21)10-19-6-8-20(9-7-19)15(22)13-14(16(23)24)17(13,3)4/h11,13-14H,5-10H2,1-4H3,(H,18,21)(H,23,24)/t11?,13-,14+/m0/s1. The van der Waals surface area contributed by atoms with Gasteiger partial charge in [-0.15, -0.1) is 0 Å². The first-order chi connectivity index (χ1) is 11.2. The van der Waals surface area contributed by atoms with Gasteiger partial charge in [-0.25, -0.2) is 0 Å². The van der Waals surface area contributed by atoms with Gasteiger partial charge in [0.15, 0.2) is 0 Å². The zero-order valence-electron chi connectivity index (χ0n) is 15.0. The van der Waals surface area contributed by atoms with Crippen molar-refractivity contribution >= 4 is 17.8 Å². The zero-order chi connectivity index (χ0) is 18.1. The van der Waals surface area contributed by atoms with Gasteiger partial charge in [-0.05, 0) is 18.8 Å². The van der Waals surface area contributed by atoms with Crippen molar-refractivity contribution in [2.75, 3.05) is 32.7 Å². The lowest BCUT2D eigenvalue weighted by molar-refractivity contribution is -0.142. The summed E-state index contributed by atoms with van der Waals surface area (Å²) in [5, 5.41) is 12.2. The number of carbonyl (C=O) groups is 3. The molecule has 2 amide bonds. The van der Waals surface area contributed by atoms with Gasteiger partial charge in [-0.2, -0.15) is 0 Å². The Balaban J connectivity index is 1.80. The molecule has 2 N–H and O–H groups in total. The van der Waals surface area contributed by atoms with E-state index in [1.165, 1.54) is 0 Å². The molecule has 0 aromatic rings. The second-order valence-electron chi connectivity index (χ2n) is 7.59. The molecular formula is C17H29N3O4. The number of hydrogen-bond acceptors (Lipinski definition) is 4. The quantitative estimate of drug-likeness (QED) is 0.731. The predicted molar refractivity (Wildman–Crippen MR) is 89.3 cm³/mol. The summed E-state index contributed by atoms with van der Waals surface area (Å²) < 4.78 is 0. The molecule has 0 radical (unpaired) electrons. The lowest BCUT2D eigenvalue weighted by Gasteiger charge is -2.34. The Morgan fingerprint density at radius 2 is 1.75 bits per heavy atom. The van der Waals surface area contributed by atoms with Crippen molar-refractivity contribution in [2.24, 2.45) is 17.3 Å². The van der Waals surface area contributed by atoms with Crippen LogP contribution in [0, 0.1) is 17.3 Å². The molecule has 2 aliphatic rings. The Morgan fingerprint density at radius 1 is 1.17 bits per heavy atom. The number of amides is 2. The van der Waals surface area contributed by atoms with Crippen LogP contribution in [-0.4, -0.2) is 71.5 Å². The van der Waals surface area contributed by atoms with Crippen molar-refractivity contribution in [1.82, 2.24) is 15.1 Å². The van der Waals surface area contributed by atoms with Crippen LogP contribution in [0.25, 0.3) is 0 Å². The minimum absolute atomic E-state index is 0.0124. The molecule has 7 heteroatoms. The fourth-order valence-corrected chi connectivity index (χ4v) is 3.51. The topological polar surface area (TPSA) is 90.0 Å². The zero-order valence-corrected chi connectivity index (χ0v) is 15.0. The molecule has 136 valence electrons. The highest BCUT2D eigenvalue weighted by atomic mass is 16.4. The third-order valence-electron chi connectivity index (χ3n) is 5.43.